The van der Waals surface area contributed by atoms with Crippen molar-refractivity contribution in [3.63, 3.8) is 0 Å². The first kappa shape index (κ1) is 17.9. The van der Waals surface area contributed by atoms with Crippen LogP contribution in [0.5, 0.6) is 6.01 Å². The fourth-order valence-electron chi connectivity index (χ4n) is 3.89. The minimum absolute atomic E-state index is 0.406. The lowest BCUT2D eigenvalue weighted by atomic mass is 9.97. The second-order valence-corrected chi connectivity index (χ2v) is 7.38. The van der Waals surface area contributed by atoms with Crippen LogP contribution in [0.3, 0.4) is 0 Å². The highest BCUT2D eigenvalue weighted by Gasteiger charge is 2.24. The van der Waals surface area contributed by atoms with Gasteiger partial charge in [0, 0.05) is 38.9 Å². The Hall–Kier alpha value is -2.45. The third-order valence-corrected chi connectivity index (χ3v) is 5.48. The van der Waals surface area contributed by atoms with E-state index in [9.17, 15) is 0 Å². The molecule has 4 heterocycles. The van der Waals surface area contributed by atoms with Crippen LogP contribution in [0.2, 0.25) is 0 Å². The fraction of sp³-hybridized carbons (Fsp3) is 0.722. The molecule has 146 valence electrons. The monoisotopic (exact) mass is 372 g/mol. The molecule has 2 aromatic rings. The van der Waals surface area contributed by atoms with Crippen LogP contribution in [0.4, 0.5) is 11.9 Å². The molecule has 9 heteroatoms. The highest BCUT2D eigenvalue weighted by atomic mass is 16.5. The maximum absolute atomic E-state index is 5.37. The number of aromatic nitrogens is 6. The van der Waals surface area contributed by atoms with Gasteiger partial charge in [-0.05, 0) is 31.6 Å². The van der Waals surface area contributed by atoms with Crippen LogP contribution in [0.15, 0.2) is 12.4 Å². The molecule has 0 saturated carbocycles. The molecule has 0 unspecified atom stereocenters. The van der Waals surface area contributed by atoms with E-state index in [0.29, 0.717) is 11.9 Å². The lowest BCUT2D eigenvalue weighted by Crippen LogP contribution is -2.37. The number of rotatable bonds is 5. The molecule has 0 spiro atoms. The van der Waals surface area contributed by atoms with Gasteiger partial charge in [0.25, 0.3) is 0 Å². The smallest absolute Gasteiger partial charge is 0.322 e. The van der Waals surface area contributed by atoms with E-state index in [-0.39, 0.29) is 0 Å². The molecule has 0 radical (unpaired) electrons. The largest absolute Gasteiger partial charge is 0.467 e. The average molecular weight is 372 g/mol. The van der Waals surface area contributed by atoms with Gasteiger partial charge >= 0.3 is 6.01 Å². The van der Waals surface area contributed by atoms with E-state index in [0.717, 1.165) is 57.5 Å². The zero-order valence-electron chi connectivity index (χ0n) is 16.0. The number of hydrogen-bond acceptors (Lipinski definition) is 8. The lowest BCUT2D eigenvalue weighted by molar-refractivity contribution is 0.335. The first-order valence-corrected chi connectivity index (χ1v) is 9.96. The van der Waals surface area contributed by atoms with Crippen LogP contribution >= 0.6 is 0 Å². The van der Waals surface area contributed by atoms with Gasteiger partial charge in [-0.15, -0.1) is 5.10 Å². The third kappa shape index (κ3) is 4.45. The predicted octanol–water partition coefficient (Wildman–Crippen LogP) is 1.77. The lowest BCUT2D eigenvalue weighted by Gasteiger charge is -2.32. The number of anilines is 2. The molecule has 2 saturated heterocycles. The Labute approximate surface area is 159 Å². The van der Waals surface area contributed by atoms with Crippen LogP contribution < -0.4 is 14.5 Å². The second-order valence-electron chi connectivity index (χ2n) is 7.38. The summed E-state index contributed by atoms with van der Waals surface area (Å²) in [5.74, 6) is 2.10. The van der Waals surface area contributed by atoms with E-state index in [1.165, 1.54) is 25.7 Å². The maximum Gasteiger partial charge on any atom is 0.322 e. The zero-order valence-corrected chi connectivity index (χ0v) is 16.0. The molecule has 2 aliphatic rings. The summed E-state index contributed by atoms with van der Waals surface area (Å²) in [5.41, 5.74) is 0. The Morgan fingerprint density at radius 3 is 2.19 bits per heavy atom. The summed E-state index contributed by atoms with van der Waals surface area (Å²) in [5, 5.41) is 7.97. The van der Waals surface area contributed by atoms with Crippen LogP contribution in [0.1, 0.15) is 38.5 Å². The standard InChI is InChI=1S/C18H28N8O/c1-27-18-21-16(24-9-4-2-3-5-10-24)20-17(22-18)25-11-6-15(7-12-25)14-26-13-8-19-23-26/h8,13,15H,2-7,9-12,14H2,1H3. The summed E-state index contributed by atoms with van der Waals surface area (Å²) < 4.78 is 7.29. The van der Waals surface area contributed by atoms with Crippen molar-refractivity contribution < 1.29 is 4.74 Å². The number of nitrogens with zero attached hydrogens (tertiary/aromatic N) is 8. The highest BCUT2D eigenvalue weighted by molar-refractivity contribution is 5.40. The van der Waals surface area contributed by atoms with Gasteiger partial charge in [-0.3, -0.25) is 4.68 Å². The van der Waals surface area contributed by atoms with Crippen molar-refractivity contribution in [3.8, 4) is 6.01 Å². The Morgan fingerprint density at radius 1 is 0.926 bits per heavy atom. The van der Waals surface area contributed by atoms with Gasteiger partial charge < -0.3 is 14.5 Å². The Morgan fingerprint density at radius 2 is 1.59 bits per heavy atom. The molecule has 0 atom stereocenters. The Bertz CT molecular complexity index is 706. The van der Waals surface area contributed by atoms with Crippen LogP contribution in [0.25, 0.3) is 0 Å². The van der Waals surface area contributed by atoms with Crippen molar-refractivity contribution in [3.05, 3.63) is 12.4 Å². The van der Waals surface area contributed by atoms with Gasteiger partial charge in [0.1, 0.15) is 0 Å². The minimum Gasteiger partial charge on any atom is -0.467 e. The van der Waals surface area contributed by atoms with Crippen molar-refractivity contribution in [2.75, 3.05) is 43.1 Å². The number of methoxy groups -OCH3 is 1. The summed E-state index contributed by atoms with van der Waals surface area (Å²) in [6.45, 7) is 4.81. The molecule has 0 bridgehead atoms. The molecule has 2 aromatic heterocycles. The molecule has 0 amide bonds. The molecule has 4 rings (SSSR count). The number of hydrogen-bond donors (Lipinski definition) is 0. The molecule has 2 aliphatic heterocycles. The molecule has 0 N–H and O–H groups in total. The first-order valence-electron chi connectivity index (χ1n) is 9.96. The van der Waals surface area contributed by atoms with Crippen molar-refractivity contribution in [2.45, 2.75) is 45.1 Å². The molecule has 0 aliphatic carbocycles. The topological polar surface area (TPSA) is 85.1 Å². The van der Waals surface area contributed by atoms with Crippen molar-refractivity contribution >= 4 is 11.9 Å². The van der Waals surface area contributed by atoms with Gasteiger partial charge in [0.2, 0.25) is 11.9 Å². The maximum atomic E-state index is 5.37. The van der Waals surface area contributed by atoms with Gasteiger partial charge in [-0.1, -0.05) is 18.1 Å². The molecule has 2 fully saturated rings. The molecular formula is C18H28N8O. The molecular weight excluding hydrogens is 344 g/mol. The Balaban J connectivity index is 1.44. The molecule has 27 heavy (non-hydrogen) atoms. The zero-order chi connectivity index (χ0) is 18.5. The van der Waals surface area contributed by atoms with E-state index in [1.54, 1.807) is 13.3 Å². The van der Waals surface area contributed by atoms with Gasteiger partial charge in [0.15, 0.2) is 0 Å². The summed E-state index contributed by atoms with van der Waals surface area (Å²) in [4.78, 5) is 18.4. The van der Waals surface area contributed by atoms with Crippen molar-refractivity contribution in [1.29, 1.82) is 0 Å². The predicted molar refractivity (Wildman–Crippen MR) is 102 cm³/mol. The normalized spacial score (nSPS) is 19.1. The van der Waals surface area contributed by atoms with E-state index in [4.69, 9.17) is 9.72 Å². The SMILES string of the molecule is COc1nc(N2CCCCCC2)nc(N2CCC(Cn3ccnn3)CC2)n1. The third-order valence-electron chi connectivity index (χ3n) is 5.48. The van der Waals surface area contributed by atoms with Crippen LogP contribution in [0, 0.1) is 5.92 Å². The number of ether oxygens (including phenoxy) is 1. The van der Waals surface area contributed by atoms with Gasteiger partial charge in [-0.2, -0.15) is 15.0 Å². The minimum atomic E-state index is 0.406. The van der Waals surface area contributed by atoms with E-state index in [2.05, 4.69) is 30.1 Å². The van der Waals surface area contributed by atoms with Crippen molar-refractivity contribution in [2.24, 2.45) is 5.92 Å². The average Bonchev–Trinajstić information content (AvgIpc) is 3.07. The summed E-state index contributed by atoms with van der Waals surface area (Å²) in [7, 11) is 1.62. The van der Waals surface area contributed by atoms with Gasteiger partial charge in [-0.25, -0.2) is 0 Å². The van der Waals surface area contributed by atoms with Crippen LogP contribution in [-0.2, 0) is 6.54 Å². The molecule has 9 nitrogen and oxygen atoms in total. The quantitative estimate of drug-likeness (QED) is 0.785. The number of piperidine rings is 1. The molecule has 0 aromatic carbocycles. The van der Waals surface area contributed by atoms with E-state index in [1.807, 2.05) is 10.9 Å². The summed E-state index contributed by atoms with van der Waals surface area (Å²) >= 11 is 0. The van der Waals surface area contributed by atoms with Crippen LogP contribution in [-0.4, -0.2) is 63.2 Å². The summed E-state index contributed by atoms with van der Waals surface area (Å²) in [6, 6.07) is 0.406. The highest BCUT2D eigenvalue weighted by Crippen LogP contribution is 2.25. The van der Waals surface area contributed by atoms with Gasteiger partial charge in [0.05, 0.1) is 13.3 Å². The Kier molecular flexibility index (Phi) is 5.64. The second kappa shape index (κ2) is 8.49. The van der Waals surface area contributed by atoms with Crippen molar-refractivity contribution in [1.82, 2.24) is 29.9 Å². The first-order chi connectivity index (χ1) is 13.3. The van der Waals surface area contributed by atoms with E-state index < -0.39 is 0 Å². The summed E-state index contributed by atoms with van der Waals surface area (Å²) in [6.07, 6.45) is 10.8. The van der Waals surface area contributed by atoms with E-state index >= 15 is 0 Å². The fourth-order valence-corrected chi connectivity index (χ4v) is 3.89.